The van der Waals surface area contributed by atoms with Crippen LogP contribution in [0.5, 0.6) is 0 Å². The highest BCUT2D eigenvalue weighted by Crippen LogP contribution is 2.32. The summed E-state index contributed by atoms with van der Waals surface area (Å²) in [6, 6.07) is 7.00. The largest absolute Gasteiger partial charge is 0.383 e. The first-order valence-electron chi connectivity index (χ1n) is 5.48. The molecule has 3 heteroatoms. The van der Waals surface area contributed by atoms with E-state index >= 15 is 0 Å². The fourth-order valence-electron chi connectivity index (χ4n) is 2.02. The zero-order valence-electron chi connectivity index (χ0n) is 9.26. The Labute approximate surface area is 99.8 Å². The van der Waals surface area contributed by atoms with E-state index in [1.807, 2.05) is 0 Å². The molecule has 2 rings (SSSR count). The smallest absolute Gasteiger partial charge is 0.0615 e. The van der Waals surface area contributed by atoms with Crippen molar-refractivity contribution in [1.82, 2.24) is 0 Å². The van der Waals surface area contributed by atoms with Crippen LogP contribution < -0.4 is 10.2 Å². The Kier molecular flexibility index (Phi) is 3.19. The van der Waals surface area contributed by atoms with Gasteiger partial charge in [-0.3, -0.25) is 0 Å². The van der Waals surface area contributed by atoms with Crippen LogP contribution >= 0.6 is 15.9 Å². The van der Waals surface area contributed by atoms with E-state index in [2.05, 4.69) is 58.2 Å². The van der Waals surface area contributed by atoms with E-state index in [0.717, 1.165) is 17.6 Å². The summed E-state index contributed by atoms with van der Waals surface area (Å²) in [6.45, 7) is 6.69. The van der Waals surface area contributed by atoms with Crippen LogP contribution in [0.4, 0.5) is 11.4 Å². The summed E-state index contributed by atoms with van der Waals surface area (Å²) in [6.07, 6.45) is 1.20. The summed E-state index contributed by atoms with van der Waals surface area (Å²) in [7, 11) is 0. The SMILES string of the molecule is CC(C)N1CCCNc2ccc(Br)cc21. The molecule has 0 saturated carbocycles. The average molecular weight is 269 g/mol. The van der Waals surface area contributed by atoms with Crippen LogP contribution in [-0.4, -0.2) is 19.1 Å². The summed E-state index contributed by atoms with van der Waals surface area (Å²) in [5, 5.41) is 3.47. The standard InChI is InChI=1S/C12H17BrN2/c1-9(2)15-7-3-6-14-11-5-4-10(13)8-12(11)15/h4-5,8-9,14H,3,6-7H2,1-2H3. The quantitative estimate of drug-likeness (QED) is 0.839. The summed E-state index contributed by atoms with van der Waals surface area (Å²) in [4.78, 5) is 2.46. The Morgan fingerprint density at radius 1 is 1.40 bits per heavy atom. The second-order valence-corrected chi connectivity index (χ2v) is 5.14. The number of anilines is 2. The van der Waals surface area contributed by atoms with Gasteiger partial charge >= 0.3 is 0 Å². The van der Waals surface area contributed by atoms with Gasteiger partial charge in [0.1, 0.15) is 0 Å². The monoisotopic (exact) mass is 268 g/mol. The lowest BCUT2D eigenvalue weighted by Gasteiger charge is -2.28. The molecule has 0 saturated heterocycles. The Morgan fingerprint density at radius 2 is 2.20 bits per heavy atom. The molecule has 0 radical (unpaired) electrons. The maximum Gasteiger partial charge on any atom is 0.0615 e. The van der Waals surface area contributed by atoms with E-state index in [-0.39, 0.29) is 0 Å². The first kappa shape index (κ1) is 10.8. The molecule has 1 aromatic carbocycles. The number of fused-ring (bicyclic) bond motifs is 1. The summed E-state index contributed by atoms with van der Waals surface area (Å²) in [5.74, 6) is 0. The van der Waals surface area contributed by atoms with Gasteiger partial charge in [0.15, 0.2) is 0 Å². The number of benzene rings is 1. The molecule has 1 aliphatic rings. The van der Waals surface area contributed by atoms with Gasteiger partial charge in [0, 0.05) is 23.6 Å². The van der Waals surface area contributed by atoms with Gasteiger partial charge in [-0.2, -0.15) is 0 Å². The van der Waals surface area contributed by atoms with E-state index in [1.54, 1.807) is 0 Å². The second-order valence-electron chi connectivity index (χ2n) is 4.23. The minimum absolute atomic E-state index is 0.554. The van der Waals surface area contributed by atoms with Crippen LogP contribution in [0.3, 0.4) is 0 Å². The van der Waals surface area contributed by atoms with Crippen LogP contribution in [0.15, 0.2) is 22.7 Å². The fraction of sp³-hybridized carbons (Fsp3) is 0.500. The van der Waals surface area contributed by atoms with Crippen molar-refractivity contribution in [1.29, 1.82) is 0 Å². The molecule has 0 spiro atoms. The van der Waals surface area contributed by atoms with Gasteiger partial charge in [-0.05, 0) is 38.5 Å². The number of nitrogens with zero attached hydrogens (tertiary/aromatic N) is 1. The number of halogens is 1. The minimum Gasteiger partial charge on any atom is -0.383 e. The van der Waals surface area contributed by atoms with Crippen LogP contribution in [0.1, 0.15) is 20.3 Å². The molecule has 0 unspecified atom stereocenters. The lowest BCUT2D eigenvalue weighted by atomic mass is 10.2. The topological polar surface area (TPSA) is 15.3 Å². The lowest BCUT2D eigenvalue weighted by molar-refractivity contribution is 0.672. The van der Waals surface area contributed by atoms with E-state index in [1.165, 1.54) is 17.8 Å². The summed E-state index contributed by atoms with van der Waals surface area (Å²) >= 11 is 3.54. The molecule has 0 aromatic heterocycles. The zero-order chi connectivity index (χ0) is 10.8. The van der Waals surface area contributed by atoms with E-state index in [0.29, 0.717) is 6.04 Å². The van der Waals surface area contributed by atoms with Gasteiger partial charge in [-0.25, -0.2) is 0 Å². The molecule has 1 aromatic rings. The normalized spacial score (nSPS) is 15.9. The van der Waals surface area contributed by atoms with Crippen molar-refractivity contribution in [2.75, 3.05) is 23.3 Å². The van der Waals surface area contributed by atoms with Crippen molar-refractivity contribution in [2.24, 2.45) is 0 Å². The van der Waals surface area contributed by atoms with Gasteiger partial charge in [0.25, 0.3) is 0 Å². The third-order valence-corrected chi connectivity index (χ3v) is 3.28. The molecule has 0 bridgehead atoms. The zero-order valence-corrected chi connectivity index (χ0v) is 10.8. The maximum absolute atomic E-state index is 3.54. The second kappa shape index (κ2) is 4.44. The molecule has 15 heavy (non-hydrogen) atoms. The van der Waals surface area contributed by atoms with Crippen LogP contribution in [0, 0.1) is 0 Å². The Bertz CT molecular complexity index is 349. The predicted molar refractivity (Wildman–Crippen MR) is 69.7 cm³/mol. The first-order chi connectivity index (χ1) is 7.18. The number of hydrogen-bond donors (Lipinski definition) is 1. The molecule has 1 N–H and O–H groups in total. The number of hydrogen-bond acceptors (Lipinski definition) is 2. The molecule has 1 aliphatic heterocycles. The molecule has 0 amide bonds. The predicted octanol–water partition coefficient (Wildman–Crippen LogP) is 3.48. The van der Waals surface area contributed by atoms with Gasteiger partial charge in [-0.15, -0.1) is 0 Å². The minimum atomic E-state index is 0.554. The van der Waals surface area contributed by atoms with E-state index in [4.69, 9.17) is 0 Å². The highest BCUT2D eigenvalue weighted by molar-refractivity contribution is 9.10. The Balaban J connectivity index is 2.42. The molecule has 1 heterocycles. The number of nitrogens with one attached hydrogen (secondary N) is 1. The molecule has 82 valence electrons. The molecular formula is C12H17BrN2. The summed E-state index contributed by atoms with van der Waals surface area (Å²) < 4.78 is 1.15. The van der Waals surface area contributed by atoms with E-state index in [9.17, 15) is 0 Å². The van der Waals surface area contributed by atoms with Crippen molar-refractivity contribution in [2.45, 2.75) is 26.3 Å². The lowest BCUT2D eigenvalue weighted by Crippen LogP contribution is -2.31. The Morgan fingerprint density at radius 3 is 2.93 bits per heavy atom. The van der Waals surface area contributed by atoms with Crippen molar-refractivity contribution in [3.63, 3.8) is 0 Å². The Hall–Kier alpha value is -0.700. The van der Waals surface area contributed by atoms with Gasteiger partial charge in [0.05, 0.1) is 11.4 Å². The molecule has 0 atom stereocenters. The van der Waals surface area contributed by atoms with E-state index < -0.39 is 0 Å². The van der Waals surface area contributed by atoms with Crippen molar-refractivity contribution >= 4 is 27.3 Å². The van der Waals surface area contributed by atoms with Crippen LogP contribution in [0.25, 0.3) is 0 Å². The van der Waals surface area contributed by atoms with Crippen molar-refractivity contribution in [3.8, 4) is 0 Å². The van der Waals surface area contributed by atoms with Crippen molar-refractivity contribution < 1.29 is 0 Å². The first-order valence-corrected chi connectivity index (χ1v) is 6.28. The summed E-state index contributed by atoms with van der Waals surface area (Å²) in [5.41, 5.74) is 2.57. The molecule has 0 aliphatic carbocycles. The molecular weight excluding hydrogens is 252 g/mol. The highest BCUT2D eigenvalue weighted by Gasteiger charge is 2.17. The highest BCUT2D eigenvalue weighted by atomic mass is 79.9. The van der Waals surface area contributed by atoms with Crippen molar-refractivity contribution in [3.05, 3.63) is 22.7 Å². The van der Waals surface area contributed by atoms with Gasteiger partial charge in [0.2, 0.25) is 0 Å². The molecule has 0 fully saturated rings. The number of rotatable bonds is 1. The van der Waals surface area contributed by atoms with Crippen LogP contribution in [0.2, 0.25) is 0 Å². The molecule has 2 nitrogen and oxygen atoms in total. The average Bonchev–Trinajstić information content (AvgIpc) is 2.39. The maximum atomic E-state index is 3.54. The fourth-order valence-corrected chi connectivity index (χ4v) is 2.37. The third kappa shape index (κ3) is 2.28. The van der Waals surface area contributed by atoms with Crippen LogP contribution in [-0.2, 0) is 0 Å². The third-order valence-electron chi connectivity index (χ3n) is 2.78. The van der Waals surface area contributed by atoms with Gasteiger partial charge < -0.3 is 10.2 Å². The van der Waals surface area contributed by atoms with Gasteiger partial charge in [-0.1, -0.05) is 15.9 Å².